The second-order valence-electron chi connectivity index (χ2n) is 2.91. The van der Waals surface area contributed by atoms with Gasteiger partial charge in [-0.05, 0) is 0 Å². The molecule has 72 valence electrons. The van der Waals surface area contributed by atoms with Crippen molar-refractivity contribution in [3.63, 3.8) is 0 Å². The number of hydrogen-bond acceptors (Lipinski definition) is 4. The third-order valence-electron chi connectivity index (χ3n) is 1.32. The van der Waals surface area contributed by atoms with Gasteiger partial charge in [0, 0.05) is 5.92 Å². The Labute approximate surface area is 71.7 Å². The predicted molar refractivity (Wildman–Crippen MR) is 44.2 cm³/mol. The Morgan fingerprint density at radius 3 is 2.17 bits per heavy atom. The first-order valence-electron chi connectivity index (χ1n) is 3.48. The maximum absolute atomic E-state index is 11.0. The summed E-state index contributed by atoms with van der Waals surface area (Å²) in [5, 5.41) is 0. The summed E-state index contributed by atoms with van der Waals surface area (Å²) in [4.78, 5) is 11.0. The first kappa shape index (κ1) is 11.5. The molecule has 6 heteroatoms. The van der Waals surface area contributed by atoms with E-state index in [0.29, 0.717) is 0 Å². The number of nitrogens with two attached hydrogens (primary N) is 1. The molecule has 0 aliphatic rings. The number of ketones is 1. The molecular formula is C6H13NO4S. The van der Waals surface area contributed by atoms with Gasteiger partial charge in [-0.25, -0.2) is 0 Å². The van der Waals surface area contributed by atoms with Crippen molar-refractivity contribution >= 4 is 15.9 Å². The first-order chi connectivity index (χ1) is 5.24. The summed E-state index contributed by atoms with van der Waals surface area (Å²) >= 11 is 0. The van der Waals surface area contributed by atoms with Crippen LogP contribution in [0.3, 0.4) is 0 Å². The van der Waals surface area contributed by atoms with Gasteiger partial charge in [0.1, 0.15) is 0 Å². The Bertz CT molecular complexity index is 257. The van der Waals surface area contributed by atoms with E-state index in [1.54, 1.807) is 13.8 Å². The lowest BCUT2D eigenvalue weighted by atomic mass is 10.0. The Balaban J connectivity index is 4.24. The topological polar surface area (TPSA) is 97.5 Å². The summed E-state index contributed by atoms with van der Waals surface area (Å²) in [7, 11) is -4.15. The summed E-state index contributed by atoms with van der Waals surface area (Å²) in [5.41, 5.74) is 5.22. The summed E-state index contributed by atoms with van der Waals surface area (Å²) < 4.78 is 28.9. The largest absolute Gasteiger partial charge is 0.321 e. The van der Waals surface area contributed by atoms with Crippen LogP contribution in [0.25, 0.3) is 0 Å². The Morgan fingerprint density at radius 2 is 1.92 bits per heavy atom. The molecule has 0 saturated heterocycles. The van der Waals surface area contributed by atoms with Crippen molar-refractivity contribution < 1.29 is 17.8 Å². The molecule has 5 nitrogen and oxygen atoms in total. The van der Waals surface area contributed by atoms with Crippen molar-refractivity contribution in [1.29, 1.82) is 0 Å². The third-order valence-corrected chi connectivity index (χ3v) is 2.11. The molecule has 0 aromatic heterocycles. The Kier molecular flexibility index (Phi) is 3.82. The van der Waals surface area contributed by atoms with E-state index in [9.17, 15) is 13.2 Å². The van der Waals surface area contributed by atoms with Gasteiger partial charge in [0.25, 0.3) is 10.1 Å². The molecule has 0 amide bonds. The van der Waals surface area contributed by atoms with Crippen LogP contribution in [0.15, 0.2) is 0 Å². The second-order valence-corrected chi connectivity index (χ2v) is 4.41. The molecule has 12 heavy (non-hydrogen) atoms. The first-order valence-corrected chi connectivity index (χ1v) is 5.09. The fourth-order valence-electron chi connectivity index (χ4n) is 0.737. The molecule has 0 heterocycles. The van der Waals surface area contributed by atoms with E-state index >= 15 is 0 Å². The molecule has 0 aromatic rings. The fraction of sp³-hybridized carbons (Fsp3) is 0.833. The molecule has 1 unspecified atom stereocenters. The summed E-state index contributed by atoms with van der Waals surface area (Å²) in [6, 6.07) is -1.13. The molecule has 0 aromatic carbocycles. The monoisotopic (exact) mass is 195 g/mol. The number of carbonyl (C=O) groups excluding carboxylic acids is 1. The maximum Gasteiger partial charge on any atom is 0.266 e. The lowest BCUT2D eigenvalue weighted by molar-refractivity contribution is -0.122. The summed E-state index contributed by atoms with van der Waals surface area (Å²) in [5.74, 6) is -1.39. The fourth-order valence-corrected chi connectivity index (χ4v) is 1.36. The average molecular weight is 195 g/mol. The van der Waals surface area contributed by atoms with Gasteiger partial charge in [-0.1, -0.05) is 13.8 Å². The summed E-state index contributed by atoms with van der Waals surface area (Å²) in [6.45, 7) is 3.23. The van der Waals surface area contributed by atoms with E-state index in [1.807, 2.05) is 0 Å². The number of hydrogen-bond donors (Lipinski definition) is 2. The minimum Gasteiger partial charge on any atom is -0.321 e. The van der Waals surface area contributed by atoms with Gasteiger partial charge in [-0.15, -0.1) is 0 Å². The highest BCUT2D eigenvalue weighted by Gasteiger charge is 2.21. The van der Waals surface area contributed by atoms with E-state index in [1.165, 1.54) is 0 Å². The highest BCUT2D eigenvalue weighted by Crippen LogP contribution is 1.99. The molecule has 0 aliphatic heterocycles. The van der Waals surface area contributed by atoms with Crippen molar-refractivity contribution in [2.75, 3.05) is 5.75 Å². The van der Waals surface area contributed by atoms with Crippen LogP contribution in [0.4, 0.5) is 0 Å². The molecule has 3 N–H and O–H groups in total. The van der Waals surface area contributed by atoms with Gasteiger partial charge in [-0.3, -0.25) is 9.35 Å². The highest BCUT2D eigenvalue weighted by atomic mass is 32.2. The van der Waals surface area contributed by atoms with Gasteiger partial charge in [0.15, 0.2) is 5.78 Å². The van der Waals surface area contributed by atoms with Gasteiger partial charge in [-0.2, -0.15) is 8.42 Å². The SMILES string of the molecule is CC(C)C(=O)C(N)CS(=O)(=O)O. The molecule has 0 fully saturated rings. The van der Waals surface area contributed by atoms with Crippen molar-refractivity contribution in [3.8, 4) is 0 Å². The van der Waals surface area contributed by atoms with E-state index in [0.717, 1.165) is 0 Å². The maximum atomic E-state index is 11.0. The van der Waals surface area contributed by atoms with Crippen molar-refractivity contribution in [1.82, 2.24) is 0 Å². The van der Waals surface area contributed by atoms with Crippen molar-refractivity contribution in [2.24, 2.45) is 11.7 Å². The normalized spacial score (nSPS) is 14.8. The molecule has 0 aliphatic carbocycles. The molecule has 0 radical (unpaired) electrons. The van der Waals surface area contributed by atoms with Crippen molar-refractivity contribution in [2.45, 2.75) is 19.9 Å². The zero-order valence-corrected chi connectivity index (χ0v) is 7.84. The number of carbonyl (C=O) groups is 1. The van der Waals surface area contributed by atoms with Gasteiger partial charge >= 0.3 is 0 Å². The Hall–Kier alpha value is -0.460. The van der Waals surface area contributed by atoms with Crippen molar-refractivity contribution in [3.05, 3.63) is 0 Å². The third kappa shape index (κ3) is 4.42. The van der Waals surface area contributed by atoms with E-state index in [2.05, 4.69) is 0 Å². The molecule has 1 atom stereocenters. The van der Waals surface area contributed by atoms with Crippen LogP contribution in [-0.4, -0.2) is 30.5 Å². The lowest BCUT2D eigenvalue weighted by Crippen LogP contribution is -2.39. The van der Waals surface area contributed by atoms with E-state index in [4.69, 9.17) is 10.3 Å². The van der Waals surface area contributed by atoms with Crippen LogP contribution in [0, 0.1) is 5.92 Å². The molecule has 0 spiro atoms. The van der Waals surface area contributed by atoms with Crippen LogP contribution in [-0.2, 0) is 14.9 Å². The van der Waals surface area contributed by atoms with Gasteiger partial charge in [0.2, 0.25) is 0 Å². The average Bonchev–Trinajstić information content (AvgIpc) is 1.82. The highest BCUT2D eigenvalue weighted by molar-refractivity contribution is 7.85. The van der Waals surface area contributed by atoms with Crippen LogP contribution in [0.1, 0.15) is 13.8 Å². The minimum absolute atomic E-state index is 0.318. The van der Waals surface area contributed by atoms with Gasteiger partial charge in [0.05, 0.1) is 11.8 Å². The number of rotatable bonds is 4. The smallest absolute Gasteiger partial charge is 0.266 e. The van der Waals surface area contributed by atoms with Crippen LogP contribution in [0.2, 0.25) is 0 Å². The standard InChI is InChI=1S/C6H13NO4S/c1-4(2)6(8)5(7)3-12(9,10)11/h4-5H,3,7H2,1-2H3,(H,9,10,11). The molecule has 0 rings (SSSR count). The van der Waals surface area contributed by atoms with E-state index < -0.39 is 21.9 Å². The zero-order valence-electron chi connectivity index (χ0n) is 7.02. The molecular weight excluding hydrogens is 182 g/mol. The minimum atomic E-state index is -4.15. The quantitative estimate of drug-likeness (QED) is 0.585. The number of Topliss-reactive ketones (excluding diaryl/α,β-unsaturated/α-hetero) is 1. The predicted octanol–water partition coefficient (Wildman–Crippen LogP) is -0.573. The van der Waals surface area contributed by atoms with Crippen LogP contribution >= 0.6 is 0 Å². The second kappa shape index (κ2) is 3.97. The Morgan fingerprint density at radius 1 is 1.50 bits per heavy atom. The van der Waals surface area contributed by atoms with Crippen LogP contribution < -0.4 is 5.73 Å². The molecule has 0 saturated carbocycles. The zero-order chi connectivity index (χ0) is 9.94. The lowest BCUT2D eigenvalue weighted by Gasteiger charge is -2.10. The summed E-state index contributed by atoms with van der Waals surface area (Å²) in [6.07, 6.45) is 0. The molecule has 0 bridgehead atoms. The van der Waals surface area contributed by atoms with Crippen LogP contribution in [0.5, 0.6) is 0 Å². The van der Waals surface area contributed by atoms with E-state index in [-0.39, 0.29) is 11.7 Å². The van der Waals surface area contributed by atoms with Gasteiger partial charge < -0.3 is 5.73 Å².